The molecule has 3 rings (SSSR count). The monoisotopic (exact) mass is 374 g/mol. The van der Waals surface area contributed by atoms with Crippen LogP contribution >= 0.6 is 0 Å². The molecule has 8 heteroatoms. The molecule has 27 heavy (non-hydrogen) atoms. The number of ketones is 1. The standard InChI is InChI=1S/C19H23FN4O3/c1-12-21-13(2)24(22-12)11-18(25)23-8-4-5-15(10-23)19(26)14-6-7-17(27-3)16(20)9-14/h6-7,9,15H,4-5,8,10-11H2,1-3H3. The molecule has 0 aliphatic carbocycles. The highest BCUT2D eigenvalue weighted by Crippen LogP contribution is 2.24. The average molecular weight is 374 g/mol. The van der Waals surface area contributed by atoms with Gasteiger partial charge in [-0.1, -0.05) is 0 Å². The summed E-state index contributed by atoms with van der Waals surface area (Å²) >= 11 is 0. The molecule has 0 radical (unpaired) electrons. The Bertz CT molecular complexity index is 865. The molecular weight excluding hydrogens is 351 g/mol. The van der Waals surface area contributed by atoms with E-state index >= 15 is 0 Å². The second kappa shape index (κ2) is 7.85. The molecule has 2 aromatic rings. The van der Waals surface area contributed by atoms with Crippen LogP contribution < -0.4 is 4.74 Å². The fourth-order valence-corrected chi connectivity index (χ4v) is 3.41. The predicted molar refractivity (Wildman–Crippen MR) is 96.1 cm³/mol. The first kappa shape index (κ1) is 19.0. The lowest BCUT2D eigenvalue weighted by Crippen LogP contribution is -2.43. The van der Waals surface area contributed by atoms with E-state index in [4.69, 9.17) is 4.74 Å². The Morgan fingerprint density at radius 3 is 2.74 bits per heavy atom. The molecule has 7 nitrogen and oxygen atoms in total. The van der Waals surface area contributed by atoms with Crippen molar-refractivity contribution >= 4 is 11.7 Å². The molecule has 0 saturated carbocycles. The zero-order valence-electron chi connectivity index (χ0n) is 15.7. The number of halogens is 1. The van der Waals surface area contributed by atoms with Gasteiger partial charge in [-0.15, -0.1) is 0 Å². The van der Waals surface area contributed by atoms with E-state index in [1.165, 1.54) is 19.2 Å². The summed E-state index contributed by atoms with van der Waals surface area (Å²) in [5.74, 6) is 0.250. The van der Waals surface area contributed by atoms with Crippen LogP contribution in [0.3, 0.4) is 0 Å². The van der Waals surface area contributed by atoms with Gasteiger partial charge in [-0.3, -0.25) is 9.59 Å². The van der Waals surface area contributed by atoms with Crippen molar-refractivity contribution in [2.45, 2.75) is 33.2 Å². The molecule has 144 valence electrons. The number of rotatable bonds is 5. The van der Waals surface area contributed by atoms with Gasteiger partial charge >= 0.3 is 0 Å². The largest absolute Gasteiger partial charge is 0.494 e. The number of benzene rings is 1. The second-order valence-electron chi connectivity index (χ2n) is 6.76. The van der Waals surface area contributed by atoms with E-state index in [0.717, 1.165) is 6.42 Å². The topological polar surface area (TPSA) is 77.3 Å². The van der Waals surface area contributed by atoms with Crippen molar-refractivity contribution < 1.29 is 18.7 Å². The van der Waals surface area contributed by atoms with Crippen LogP contribution in [-0.4, -0.2) is 51.6 Å². The fourth-order valence-electron chi connectivity index (χ4n) is 3.41. The molecule has 0 bridgehead atoms. The molecule has 1 fully saturated rings. The van der Waals surface area contributed by atoms with Crippen LogP contribution in [0.15, 0.2) is 18.2 Å². The quantitative estimate of drug-likeness (QED) is 0.750. The summed E-state index contributed by atoms with van der Waals surface area (Å²) in [5, 5.41) is 4.21. The second-order valence-corrected chi connectivity index (χ2v) is 6.76. The smallest absolute Gasteiger partial charge is 0.244 e. The van der Waals surface area contributed by atoms with Gasteiger partial charge in [-0.2, -0.15) is 5.10 Å². The van der Waals surface area contributed by atoms with Crippen LogP contribution in [0.25, 0.3) is 0 Å². The summed E-state index contributed by atoms with van der Waals surface area (Å²) in [4.78, 5) is 31.3. The molecule has 0 spiro atoms. The van der Waals surface area contributed by atoms with E-state index in [1.54, 1.807) is 29.5 Å². The van der Waals surface area contributed by atoms with E-state index in [1.807, 2.05) is 0 Å². The van der Waals surface area contributed by atoms with E-state index in [0.29, 0.717) is 36.7 Å². The maximum absolute atomic E-state index is 13.9. The first-order chi connectivity index (χ1) is 12.9. The minimum atomic E-state index is -0.566. The van der Waals surface area contributed by atoms with Crippen LogP contribution in [0.1, 0.15) is 34.8 Å². The van der Waals surface area contributed by atoms with Crippen molar-refractivity contribution in [3.63, 3.8) is 0 Å². The number of hydrogen-bond donors (Lipinski definition) is 0. The fraction of sp³-hybridized carbons (Fsp3) is 0.474. The summed E-state index contributed by atoms with van der Waals surface area (Å²) in [6.45, 7) is 4.61. The van der Waals surface area contributed by atoms with Crippen LogP contribution in [-0.2, 0) is 11.3 Å². The lowest BCUT2D eigenvalue weighted by atomic mass is 9.90. The molecule has 2 heterocycles. The number of methoxy groups -OCH3 is 1. The number of aromatic nitrogens is 3. The highest BCUT2D eigenvalue weighted by Gasteiger charge is 2.29. The number of nitrogens with zero attached hydrogens (tertiary/aromatic N) is 4. The van der Waals surface area contributed by atoms with Crippen LogP contribution in [0.5, 0.6) is 5.75 Å². The Morgan fingerprint density at radius 2 is 2.11 bits per heavy atom. The number of carbonyl (C=O) groups is 2. The summed E-state index contributed by atoms with van der Waals surface area (Å²) in [6.07, 6.45) is 1.41. The number of ether oxygens (including phenoxy) is 1. The molecular formula is C19H23FN4O3. The number of piperidine rings is 1. The minimum Gasteiger partial charge on any atom is -0.494 e. The Hall–Kier alpha value is -2.77. The number of Topliss-reactive ketones (excluding diaryl/α,β-unsaturated/α-hetero) is 1. The molecule has 1 aromatic heterocycles. The number of likely N-dealkylation sites (tertiary alicyclic amines) is 1. The summed E-state index contributed by atoms with van der Waals surface area (Å²) < 4.78 is 20.4. The van der Waals surface area contributed by atoms with Gasteiger partial charge in [0.15, 0.2) is 17.3 Å². The van der Waals surface area contributed by atoms with Crippen molar-refractivity contribution in [3.05, 3.63) is 41.2 Å². The lowest BCUT2D eigenvalue weighted by Gasteiger charge is -2.32. The zero-order chi connectivity index (χ0) is 19.6. The Morgan fingerprint density at radius 1 is 1.33 bits per heavy atom. The lowest BCUT2D eigenvalue weighted by molar-refractivity contribution is -0.133. The molecule has 1 amide bonds. The maximum Gasteiger partial charge on any atom is 0.244 e. The maximum atomic E-state index is 13.9. The van der Waals surface area contributed by atoms with Crippen LogP contribution in [0.4, 0.5) is 4.39 Å². The van der Waals surface area contributed by atoms with Gasteiger partial charge < -0.3 is 9.64 Å². The van der Waals surface area contributed by atoms with Crippen molar-refractivity contribution in [1.29, 1.82) is 0 Å². The molecule has 1 saturated heterocycles. The number of aryl methyl sites for hydroxylation is 2. The van der Waals surface area contributed by atoms with Crippen LogP contribution in [0, 0.1) is 25.6 Å². The Balaban J connectivity index is 1.68. The average Bonchev–Trinajstić information content (AvgIpc) is 2.98. The molecule has 1 aromatic carbocycles. The molecule has 1 aliphatic heterocycles. The first-order valence-corrected chi connectivity index (χ1v) is 8.92. The van der Waals surface area contributed by atoms with Gasteiger partial charge in [0.2, 0.25) is 5.91 Å². The molecule has 0 N–H and O–H groups in total. The van der Waals surface area contributed by atoms with Gasteiger partial charge in [0.05, 0.1) is 7.11 Å². The molecule has 1 unspecified atom stereocenters. The van der Waals surface area contributed by atoms with Crippen molar-refractivity contribution in [3.8, 4) is 5.75 Å². The highest BCUT2D eigenvalue weighted by atomic mass is 19.1. The third-order valence-corrected chi connectivity index (χ3v) is 4.83. The van der Waals surface area contributed by atoms with Gasteiger partial charge in [0.25, 0.3) is 0 Å². The predicted octanol–water partition coefficient (Wildman–Crippen LogP) is 2.16. The number of amides is 1. The number of carbonyl (C=O) groups excluding carboxylic acids is 2. The summed E-state index contributed by atoms with van der Waals surface area (Å²) in [7, 11) is 1.38. The highest BCUT2D eigenvalue weighted by molar-refractivity contribution is 5.98. The minimum absolute atomic E-state index is 0.0959. The first-order valence-electron chi connectivity index (χ1n) is 8.92. The van der Waals surface area contributed by atoms with Gasteiger partial charge in [0, 0.05) is 24.6 Å². The van der Waals surface area contributed by atoms with Crippen molar-refractivity contribution in [1.82, 2.24) is 19.7 Å². The van der Waals surface area contributed by atoms with Gasteiger partial charge in [-0.05, 0) is 44.9 Å². The third-order valence-electron chi connectivity index (χ3n) is 4.83. The molecule has 1 atom stereocenters. The molecule has 1 aliphatic rings. The van der Waals surface area contributed by atoms with Gasteiger partial charge in [-0.25, -0.2) is 14.1 Å². The zero-order valence-corrected chi connectivity index (χ0v) is 15.7. The number of hydrogen-bond acceptors (Lipinski definition) is 5. The third kappa shape index (κ3) is 4.15. The summed E-state index contributed by atoms with van der Waals surface area (Å²) in [6, 6.07) is 4.21. The van der Waals surface area contributed by atoms with E-state index in [2.05, 4.69) is 10.1 Å². The summed E-state index contributed by atoms with van der Waals surface area (Å²) in [5.41, 5.74) is 0.301. The van der Waals surface area contributed by atoms with Gasteiger partial charge in [0.1, 0.15) is 18.2 Å². The Labute approximate surface area is 157 Å². The van der Waals surface area contributed by atoms with E-state index < -0.39 is 5.82 Å². The Kier molecular flexibility index (Phi) is 5.53. The van der Waals surface area contributed by atoms with Crippen LogP contribution in [0.2, 0.25) is 0 Å². The van der Waals surface area contributed by atoms with Crippen molar-refractivity contribution in [2.24, 2.45) is 5.92 Å². The van der Waals surface area contributed by atoms with E-state index in [9.17, 15) is 14.0 Å². The van der Waals surface area contributed by atoms with E-state index in [-0.39, 0.29) is 29.9 Å². The normalized spacial score (nSPS) is 17.0. The SMILES string of the molecule is COc1ccc(C(=O)C2CCCN(C(=O)Cn3nc(C)nc3C)C2)cc1F. The van der Waals surface area contributed by atoms with Crippen molar-refractivity contribution in [2.75, 3.05) is 20.2 Å².